The van der Waals surface area contributed by atoms with E-state index < -0.39 is 11.9 Å². The van der Waals surface area contributed by atoms with Crippen molar-refractivity contribution in [2.75, 3.05) is 0 Å². The van der Waals surface area contributed by atoms with Crippen molar-refractivity contribution >= 4 is 18.0 Å². The highest BCUT2D eigenvalue weighted by molar-refractivity contribution is 5.95. The molecule has 0 bridgehead atoms. The molecule has 1 unspecified atom stereocenters. The first kappa shape index (κ1) is 16.2. The molecule has 1 aromatic rings. The molecule has 0 heterocycles. The second kappa shape index (κ2) is 9.08. The Balaban J connectivity index is 2.48. The number of carbonyl (C=O) groups excluding carboxylic acids is 2. The molecule has 0 aromatic heterocycles. The molecular weight excluding hydrogens is 252 g/mol. The second-order valence-corrected chi connectivity index (χ2v) is 4.73. The van der Waals surface area contributed by atoms with Crippen molar-refractivity contribution in [1.29, 1.82) is 0 Å². The van der Waals surface area contributed by atoms with Crippen LogP contribution in [-0.2, 0) is 14.3 Å². The summed E-state index contributed by atoms with van der Waals surface area (Å²) in [6.07, 6.45) is 6.42. The highest BCUT2D eigenvalue weighted by Gasteiger charge is 2.19. The molecule has 0 saturated carbocycles. The van der Waals surface area contributed by atoms with Gasteiger partial charge in [0, 0.05) is 6.08 Å². The minimum absolute atomic E-state index is 0.177. The zero-order chi connectivity index (χ0) is 14.8. The van der Waals surface area contributed by atoms with Gasteiger partial charge < -0.3 is 4.74 Å². The molecule has 0 spiro atoms. The van der Waals surface area contributed by atoms with Gasteiger partial charge in [0.15, 0.2) is 0 Å². The van der Waals surface area contributed by atoms with Crippen LogP contribution in [0.3, 0.4) is 0 Å². The third kappa shape index (κ3) is 5.83. The summed E-state index contributed by atoms with van der Waals surface area (Å²) < 4.78 is 4.86. The van der Waals surface area contributed by atoms with E-state index in [1.807, 2.05) is 37.3 Å². The Morgan fingerprint density at radius 1 is 1.20 bits per heavy atom. The van der Waals surface area contributed by atoms with Crippen LogP contribution >= 0.6 is 0 Å². The van der Waals surface area contributed by atoms with Crippen molar-refractivity contribution in [2.24, 2.45) is 5.92 Å². The first-order valence-electron chi connectivity index (χ1n) is 7.16. The summed E-state index contributed by atoms with van der Waals surface area (Å²) in [6.45, 7) is 4.01. The van der Waals surface area contributed by atoms with Crippen LogP contribution in [0.2, 0.25) is 0 Å². The molecular formula is C17H22O3. The highest BCUT2D eigenvalue weighted by atomic mass is 16.6. The Hall–Kier alpha value is -1.90. The SMILES string of the molecule is CCCCC(CC)C(=O)OC(=O)/C=C/c1ccccc1. The summed E-state index contributed by atoms with van der Waals surface area (Å²) in [7, 11) is 0. The summed E-state index contributed by atoms with van der Waals surface area (Å²) in [5, 5.41) is 0. The predicted octanol–water partition coefficient (Wildman–Crippen LogP) is 3.99. The van der Waals surface area contributed by atoms with Gasteiger partial charge >= 0.3 is 11.9 Å². The largest absolute Gasteiger partial charge is 0.390 e. The Labute approximate surface area is 120 Å². The van der Waals surface area contributed by atoms with Gasteiger partial charge in [-0.05, 0) is 24.5 Å². The van der Waals surface area contributed by atoms with Gasteiger partial charge in [-0.2, -0.15) is 0 Å². The van der Waals surface area contributed by atoms with Crippen molar-refractivity contribution in [1.82, 2.24) is 0 Å². The first-order valence-corrected chi connectivity index (χ1v) is 7.16. The van der Waals surface area contributed by atoms with Crippen molar-refractivity contribution < 1.29 is 14.3 Å². The highest BCUT2D eigenvalue weighted by Crippen LogP contribution is 2.14. The van der Waals surface area contributed by atoms with Crippen LogP contribution in [0.15, 0.2) is 36.4 Å². The molecule has 0 aliphatic heterocycles. The molecule has 108 valence electrons. The van der Waals surface area contributed by atoms with Crippen LogP contribution in [-0.4, -0.2) is 11.9 Å². The average molecular weight is 274 g/mol. The fourth-order valence-corrected chi connectivity index (χ4v) is 1.88. The molecule has 3 heteroatoms. The molecule has 0 N–H and O–H groups in total. The predicted molar refractivity (Wildman–Crippen MR) is 79.9 cm³/mol. The molecule has 3 nitrogen and oxygen atoms in total. The van der Waals surface area contributed by atoms with Gasteiger partial charge in [0.05, 0.1) is 5.92 Å². The Morgan fingerprint density at radius 2 is 1.90 bits per heavy atom. The molecule has 1 atom stereocenters. The number of carbonyl (C=O) groups is 2. The summed E-state index contributed by atoms with van der Waals surface area (Å²) in [5.41, 5.74) is 0.898. The lowest BCUT2D eigenvalue weighted by molar-refractivity contribution is -0.159. The van der Waals surface area contributed by atoms with E-state index in [1.165, 1.54) is 6.08 Å². The summed E-state index contributed by atoms with van der Waals surface area (Å²) in [6, 6.07) is 9.42. The number of unbranched alkanes of at least 4 members (excludes halogenated alkanes) is 1. The molecule has 0 saturated heterocycles. The topological polar surface area (TPSA) is 43.4 Å². The van der Waals surface area contributed by atoms with Gasteiger partial charge in [0.25, 0.3) is 0 Å². The van der Waals surface area contributed by atoms with Gasteiger partial charge in [-0.25, -0.2) is 4.79 Å². The average Bonchev–Trinajstić information content (AvgIpc) is 2.47. The minimum atomic E-state index is -0.603. The normalized spacial score (nSPS) is 12.3. The van der Waals surface area contributed by atoms with Gasteiger partial charge in [0.1, 0.15) is 0 Å². The fourth-order valence-electron chi connectivity index (χ4n) is 1.88. The van der Waals surface area contributed by atoms with Gasteiger partial charge in [-0.15, -0.1) is 0 Å². The molecule has 1 rings (SSSR count). The number of esters is 2. The summed E-state index contributed by atoms with van der Waals surface area (Å²) in [4.78, 5) is 23.4. The Morgan fingerprint density at radius 3 is 2.50 bits per heavy atom. The second-order valence-electron chi connectivity index (χ2n) is 4.73. The fraction of sp³-hybridized carbons (Fsp3) is 0.412. The van der Waals surface area contributed by atoms with Gasteiger partial charge in [-0.3, -0.25) is 4.79 Å². The molecule has 0 fully saturated rings. The van der Waals surface area contributed by atoms with E-state index in [1.54, 1.807) is 6.08 Å². The smallest absolute Gasteiger partial charge is 0.338 e. The summed E-state index contributed by atoms with van der Waals surface area (Å²) in [5.74, 6) is -1.19. The maximum absolute atomic E-state index is 11.8. The quantitative estimate of drug-likeness (QED) is 0.429. The van der Waals surface area contributed by atoms with Gasteiger partial charge in [0.2, 0.25) is 0 Å². The summed E-state index contributed by atoms with van der Waals surface area (Å²) >= 11 is 0. The third-order valence-corrected chi connectivity index (χ3v) is 3.14. The number of hydrogen-bond donors (Lipinski definition) is 0. The van der Waals surface area contributed by atoms with Crippen LogP contribution in [0.1, 0.15) is 45.1 Å². The number of benzene rings is 1. The lowest BCUT2D eigenvalue weighted by Gasteiger charge is -2.11. The van der Waals surface area contributed by atoms with E-state index in [4.69, 9.17) is 4.74 Å². The minimum Gasteiger partial charge on any atom is -0.390 e. The zero-order valence-electron chi connectivity index (χ0n) is 12.2. The lowest BCUT2D eigenvalue weighted by atomic mass is 10.00. The van der Waals surface area contributed by atoms with E-state index in [0.717, 1.165) is 24.8 Å². The molecule has 0 amide bonds. The van der Waals surface area contributed by atoms with Crippen molar-refractivity contribution in [3.63, 3.8) is 0 Å². The van der Waals surface area contributed by atoms with E-state index in [-0.39, 0.29) is 5.92 Å². The molecule has 1 aromatic carbocycles. The van der Waals surface area contributed by atoms with Crippen molar-refractivity contribution in [3.05, 3.63) is 42.0 Å². The van der Waals surface area contributed by atoms with Crippen LogP contribution in [0.25, 0.3) is 6.08 Å². The van der Waals surface area contributed by atoms with Crippen LogP contribution in [0, 0.1) is 5.92 Å². The molecule has 0 aliphatic rings. The molecule has 20 heavy (non-hydrogen) atoms. The van der Waals surface area contributed by atoms with E-state index in [9.17, 15) is 9.59 Å². The monoisotopic (exact) mass is 274 g/mol. The van der Waals surface area contributed by atoms with Crippen LogP contribution < -0.4 is 0 Å². The van der Waals surface area contributed by atoms with E-state index in [0.29, 0.717) is 6.42 Å². The number of hydrogen-bond acceptors (Lipinski definition) is 3. The van der Waals surface area contributed by atoms with E-state index in [2.05, 4.69) is 6.92 Å². The maximum atomic E-state index is 11.8. The van der Waals surface area contributed by atoms with Crippen molar-refractivity contribution in [3.8, 4) is 0 Å². The maximum Gasteiger partial charge on any atom is 0.338 e. The lowest BCUT2D eigenvalue weighted by Crippen LogP contribution is -2.19. The third-order valence-electron chi connectivity index (χ3n) is 3.14. The molecule has 0 aliphatic carbocycles. The number of ether oxygens (including phenoxy) is 1. The first-order chi connectivity index (χ1) is 9.67. The van der Waals surface area contributed by atoms with Crippen LogP contribution in [0.4, 0.5) is 0 Å². The molecule has 0 radical (unpaired) electrons. The zero-order valence-corrected chi connectivity index (χ0v) is 12.2. The van der Waals surface area contributed by atoms with Crippen molar-refractivity contribution in [2.45, 2.75) is 39.5 Å². The number of rotatable bonds is 7. The Bertz CT molecular complexity index is 449. The van der Waals surface area contributed by atoms with Gasteiger partial charge in [-0.1, -0.05) is 57.0 Å². The Kier molecular flexibility index (Phi) is 7.33. The van der Waals surface area contributed by atoms with Crippen LogP contribution in [0.5, 0.6) is 0 Å². The van der Waals surface area contributed by atoms with E-state index >= 15 is 0 Å². The standard InChI is InChI=1S/C17H22O3/c1-3-5-11-15(4-2)17(19)20-16(18)13-12-14-9-7-6-8-10-14/h6-10,12-13,15H,3-5,11H2,1-2H3/b13-12+.